The van der Waals surface area contributed by atoms with Crippen LogP contribution in [0.2, 0.25) is 0 Å². The molecule has 128 valence electrons. The van der Waals surface area contributed by atoms with Gasteiger partial charge in [-0.2, -0.15) is 0 Å². The Kier molecular flexibility index (Phi) is 5.51. The highest BCUT2D eigenvalue weighted by molar-refractivity contribution is 5.96. The summed E-state index contributed by atoms with van der Waals surface area (Å²) in [4.78, 5) is 28.2. The Balaban J connectivity index is 0.00000208. The second kappa shape index (κ2) is 7.40. The Hall–Kier alpha value is -2.47. The summed E-state index contributed by atoms with van der Waals surface area (Å²) in [6.07, 6.45) is 1.48. The van der Waals surface area contributed by atoms with Gasteiger partial charge in [-0.15, -0.1) is 12.4 Å². The maximum atomic E-state index is 12.5. The van der Waals surface area contributed by atoms with Gasteiger partial charge in [0.2, 0.25) is 0 Å². The fraction of sp³-hybridized carbons (Fsp3) is 0.294. The predicted molar refractivity (Wildman–Crippen MR) is 93.4 cm³/mol. The third-order valence-electron chi connectivity index (χ3n) is 4.11. The number of nitrogens with zero attached hydrogens (tertiary/aromatic N) is 2. The molecule has 2 N–H and O–H groups in total. The third-order valence-corrected chi connectivity index (χ3v) is 4.11. The van der Waals surface area contributed by atoms with Crippen LogP contribution in [-0.2, 0) is 0 Å². The number of benzene rings is 1. The first-order valence-electron chi connectivity index (χ1n) is 7.54. The van der Waals surface area contributed by atoms with Gasteiger partial charge in [0, 0.05) is 37.4 Å². The number of carbonyl (C=O) groups excluding carboxylic acids is 2. The second-order valence-corrected chi connectivity index (χ2v) is 5.63. The lowest BCUT2D eigenvalue weighted by Crippen LogP contribution is -2.50. The third kappa shape index (κ3) is 3.54. The van der Waals surface area contributed by atoms with Crippen molar-refractivity contribution in [3.8, 4) is 0 Å². The van der Waals surface area contributed by atoms with E-state index in [1.54, 1.807) is 34.1 Å². The van der Waals surface area contributed by atoms with Crippen LogP contribution in [0.25, 0.3) is 0 Å². The molecule has 7 heteroatoms. The number of anilines is 1. The SMILES string of the molecule is Cc1ccc(C(=O)N2CCN(C(=O)c3ccco3)CC2)cc1N.Cl. The van der Waals surface area contributed by atoms with Gasteiger partial charge in [0.15, 0.2) is 5.76 Å². The number of furan rings is 1. The molecule has 3 rings (SSSR count). The zero-order valence-electron chi connectivity index (χ0n) is 13.4. The van der Waals surface area contributed by atoms with Crippen LogP contribution in [0.4, 0.5) is 5.69 Å². The van der Waals surface area contributed by atoms with E-state index >= 15 is 0 Å². The molecule has 0 saturated carbocycles. The van der Waals surface area contributed by atoms with Crippen LogP contribution < -0.4 is 5.73 Å². The molecule has 2 amide bonds. The van der Waals surface area contributed by atoms with E-state index in [1.807, 2.05) is 13.0 Å². The normalized spacial score (nSPS) is 14.2. The zero-order chi connectivity index (χ0) is 16.4. The van der Waals surface area contributed by atoms with E-state index < -0.39 is 0 Å². The van der Waals surface area contributed by atoms with Crippen molar-refractivity contribution in [1.29, 1.82) is 0 Å². The molecule has 6 nitrogen and oxygen atoms in total. The highest BCUT2D eigenvalue weighted by atomic mass is 35.5. The molecule has 1 aliphatic rings. The van der Waals surface area contributed by atoms with Crippen LogP contribution in [0.5, 0.6) is 0 Å². The van der Waals surface area contributed by atoms with E-state index in [0.29, 0.717) is 43.2 Å². The Morgan fingerprint density at radius 3 is 2.21 bits per heavy atom. The molecule has 0 spiro atoms. The average Bonchev–Trinajstić information content (AvgIpc) is 3.11. The molecule has 0 atom stereocenters. The van der Waals surface area contributed by atoms with Crippen molar-refractivity contribution in [2.75, 3.05) is 31.9 Å². The van der Waals surface area contributed by atoms with Gasteiger partial charge in [-0.1, -0.05) is 6.07 Å². The molecular weight excluding hydrogens is 330 g/mol. The zero-order valence-corrected chi connectivity index (χ0v) is 14.2. The quantitative estimate of drug-likeness (QED) is 0.843. The molecule has 1 aromatic carbocycles. The summed E-state index contributed by atoms with van der Waals surface area (Å²) in [6.45, 7) is 3.89. The van der Waals surface area contributed by atoms with Gasteiger partial charge in [-0.05, 0) is 36.8 Å². The Morgan fingerprint density at radius 1 is 1.04 bits per heavy atom. The van der Waals surface area contributed by atoms with Gasteiger partial charge in [-0.25, -0.2) is 0 Å². The van der Waals surface area contributed by atoms with Crippen molar-refractivity contribution >= 4 is 29.9 Å². The molecule has 24 heavy (non-hydrogen) atoms. The van der Waals surface area contributed by atoms with E-state index in [4.69, 9.17) is 10.2 Å². The number of nitrogen functional groups attached to an aromatic ring is 1. The fourth-order valence-electron chi connectivity index (χ4n) is 2.62. The van der Waals surface area contributed by atoms with E-state index in [0.717, 1.165) is 5.56 Å². The molecule has 0 radical (unpaired) electrons. The van der Waals surface area contributed by atoms with E-state index in [9.17, 15) is 9.59 Å². The van der Waals surface area contributed by atoms with Crippen LogP contribution in [0.3, 0.4) is 0 Å². The molecule has 0 unspecified atom stereocenters. The number of rotatable bonds is 2. The minimum atomic E-state index is -0.137. The standard InChI is InChI=1S/C17H19N3O3.ClH/c1-12-4-5-13(11-14(12)18)16(21)19-6-8-20(9-7-19)17(22)15-3-2-10-23-15;/h2-5,10-11H,6-9,18H2,1H3;1H. The number of carbonyl (C=O) groups is 2. The molecule has 0 aliphatic carbocycles. The topological polar surface area (TPSA) is 79.8 Å². The Bertz CT molecular complexity index is 723. The molecule has 2 heterocycles. The predicted octanol–water partition coefficient (Wildman–Crippen LogP) is 2.19. The van der Waals surface area contributed by atoms with Gasteiger partial charge in [0.05, 0.1) is 6.26 Å². The van der Waals surface area contributed by atoms with Crippen molar-refractivity contribution in [2.45, 2.75) is 6.92 Å². The second-order valence-electron chi connectivity index (χ2n) is 5.63. The number of aryl methyl sites for hydroxylation is 1. The molecule has 1 aromatic heterocycles. The van der Waals surface area contributed by atoms with Crippen molar-refractivity contribution in [2.24, 2.45) is 0 Å². The lowest BCUT2D eigenvalue weighted by Gasteiger charge is -2.34. The molecule has 1 fully saturated rings. The summed E-state index contributed by atoms with van der Waals surface area (Å²) in [5, 5.41) is 0. The number of halogens is 1. The molecule has 2 aromatic rings. The average molecular weight is 350 g/mol. The lowest BCUT2D eigenvalue weighted by atomic mass is 10.1. The molecule has 1 aliphatic heterocycles. The minimum Gasteiger partial charge on any atom is -0.459 e. The maximum absolute atomic E-state index is 12.5. The molecule has 0 bridgehead atoms. The summed E-state index contributed by atoms with van der Waals surface area (Å²) in [5.41, 5.74) is 8.02. The fourth-order valence-corrected chi connectivity index (χ4v) is 2.62. The van der Waals surface area contributed by atoms with Gasteiger partial charge < -0.3 is 20.0 Å². The van der Waals surface area contributed by atoms with Crippen LogP contribution in [-0.4, -0.2) is 47.8 Å². The van der Waals surface area contributed by atoms with E-state index in [-0.39, 0.29) is 24.2 Å². The first-order valence-corrected chi connectivity index (χ1v) is 7.54. The Labute approximate surface area is 146 Å². The van der Waals surface area contributed by atoms with Crippen molar-refractivity contribution in [1.82, 2.24) is 9.80 Å². The Morgan fingerprint density at radius 2 is 1.67 bits per heavy atom. The molecular formula is C17H20ClN3O3. The van der Waals surface area contributed by atoms with Crippen molar-refractivity contribution in [3.05, 3.63) is 53.5 Å². The number of amides is 2. The van der Waals surface area contributed by atoms with Gasteiger partial charge in [0.1, 0.15) is 0 Å². The number of hydrogen-bond donors (Lipinski definition) is 1. The summed E-state index contributed by atoms with van der Waals surface area (Å²) in [5.74, 6) is 0.138. The van der Waals surface area contributed by atoms with Gasteiger partial charge >= 0.3 is 0 Å². The smallest absolute Gasteiger partial charge is 0.289 e. The highest BCUT2D eigenvalue weighted by Gasteiger charge is 2.26. The maximum Gasteiger partial charge on any atom is 0.289 e. The van der Waals surface area contributed by atoms with Crippen molar-refractivity contribution in [3.63, 3.8) is 0 Å². The summed E-state index contributed by atoms with van der Waals surface area (Å²) in [6, 6.07) is 8.68. The van der Waals surface area contributed by atoms with Crippen LogP contribution in [0.1, 0.15) is 26.5 Å². The van der Waals surface area contributed by atoms with Crippen LogP contribution >= 0.6 is 12.4 Å². The summed E-state index contributed by atoms with van der Waals surface area (Å²) < 4.78 is 5.13. The summed E-state index contributed by atoms with van der Waals surface area (Å²) >= 11 is 0. The van der Waals surface area contributed by atoms with E-state index in [2.05, 4.69) is 0 Å². The van der Waals surface area contributed by atoms with Crippen LogP contribution in [0, 0.1) is 6.92 Å². The van der Waals surface area contributed by atoms with E-state index in [1.165, 1.54) is 6.26 Å². The van der Waals surface area contributed by atoms with Crippen LogP contribution in [0.15, 0.2) is 41.0 Å². The van der Waals surface area contributed by atoms with Gasteiger partial charge in [-0.3, -0.25) is 9.59 Å². The number of piperazine rings is 1. The molecule has 1 saturated heterocycles. The summed E-state index contributed by atoms with van der Waals surface area (Å²) in [7, 11) is 0. The number of nitrogens with two attached hydrogens (primary N) is 1. The first-order chi connectivity index (χ1) is 11.1. The largest absolute Gasteiger partial charge is 0.459 e. The number of hydrogen-bond acceptors (Lipinski definition) is 4. The lowest BCUT2D eigenvalue weighted by molar-refractivity contribution is 0.0518. The van der Waals surface area contributed by atoms with Crippen molar-refractivity contribution < 1.29 is 14.0 Å². The van der Waals surface area contributed by atoms with Gasteiger partial charge in [0.25, 0.3) is 11.8 Å². The minimum absolute atomic E-state index is 0. The first kappa shape index (κ1) is 17.9. The monoisotopic (exact) mass is 349 g/mol. The highest BCUT2D eigenvalue weighted by Crippen LogP contribution is 2.16.